The monoisotopic (exact) mass is 644 g/mol. The van der Waals surface area contributed by atoms with Crippen molar-refractivity contribution in [1.29, 1.82) is 0 Å². The van der Waals surface area contributed by atoms with E-state index >= 15 is 0 Å². The van der Waals surface area contributed by atoms with Gasteiger partial charge in [0, 0.05) is 42.3 Å². The molecule has 3 saturated carbocycles. The van der Waals surface area contributed by atoms with Crippen LogP contribution in [0.15, 0.2) is 29.8 Å². The molecule has 10 heteroatoms. The van der Waals surface area contributed by atoms with Gasteiger partial charge in [-0.2, -0.15) is 0 Å². The highest BCUT2D eigenvalue weighted by Gasteiger charge is 2.77. The zero-order valence-corrected chi connectivity index (χ0v) is 27.7. The van der Waals surface area contributed by atoms with E-state index in [1.807, 2.05) is 34.6 Å². The van der Waals surface area contributed by atoms with E-state index in [1.165, 1.54) is 18.2 Å². The molecular formula is C36H52O10. The first-order chi connectivity index (χ1) is 21.3. The first kappa shape index (κ1) is 33.8. The van der Waals surface area contributed by atoms with Gasteiger partial charge in [-0.25, -0.2) is 0 Å². The Morgan fingerprint density at radius 2 is 1.63 bits per heavy atom. The van der Waals surface area contributed by atoms with E-state index in [2.05, 4.69) is 0 Å². The summed E-state index contributed by atoms with van der Waals surface area (Å²) in [6, 6.07) is 3.94. The third-order valence-electron chi connectivity index (χ3n) is 13.7. The first-order valence-corrected chi connectivity index (χ1v) is 16.9. The second-order valence-electron chi connectivity index (χ2n) is 16.3. The molecule has 0 bridgehead atoms. The molecule has 5 aliphatic rings. The maximum absolute atomic E-state index is 14.3. The third-order valence-corrected chi connectivity index (χ3v) is 13.7. The van der Waals surface area contributed by atoms with E-state index < -0.39 is 76.2 Å². The zero-order valence-electron chi connectivity index (χ0n) is 27.7. The molecule has 0 aromatic heterocycles. The van der Waals surface area contributed by atoms with Crippen molar-refractivity contribution in [1.82, 2.24) is 0 Å². The average molecular weight is 645 g/mol. The summed E-state index contributed by atoms with van der Waals surface area (Å²) < 4.78 is 6.49. The molecule has 10 nitrogen and oxygen atoms in total. The Labute approximate surface area is 270 Å². The van der Waals surface area contributed by atoms with Gasteiger partial charge in [0.15, 0.2) is 5.78 Å². The van der Waals surface area contributed by atoms with Crippen LogP contribution in [0.5, 0.6) is 11.5 Å². The Kier molecular flexibility index (Phi) is 8.08. The van der Waals surface area contributed by atoms with E-state index in [-0.39, 0.29) is 54.5 Å². The Bertz CT molecular complexity index is 1390. The summed E-state index contributed by atoms with van der Waals surface area (Å²) in [6.45, 7) is 11.3. The minimum atomic E-state index is -1.60. The normalized spacial score (nSPS) is 47.9. The second kappa shape index (κ2) is 11.0. The van der Waals surface area contributed by atoms with Crippen molar-refractivity contribution in [3.63, 3.8) is 0 Å². The molecular weight excluding hydrogens is 592 g/mol. The number of carbonyl (C=O) groups excluding carboxylic acids is 1. The number of aliphatic hydroxyl groups excluding tert-OH is 4. The fourth-order valence-electron chi connectivity index (χ4n) is 11.2. The molecule has 1 aliphatic heterocycles. The number of hydrogen-bond acceptors (Lipinski definition) is 10. The number of ether oxygens (including phenoxy) is 1. The number of allylic oxidation sites excluding steroid dienone is 1. The van der Waals surface area contributed by atoms with Gasteiger partial charge in [-0.05, 0) is 84.6 Å². The lowest BCUT2D eigenvalue weighted by Crippen LogP contribution is -2.66. The summed E-state index contributed by atoms with van der Waals surface area (Å²) in [5.74, 6) is -3.93. The summed E-state index contributed by atoms with van der Waals surface area (Å²) in [5.41, 5.74) is -4.24. The number of aliphatic hydroxyl groups is 6. The van der Waals surface area contributed by atoms with Crippen LogP contribution in [0, 0.1) is 46.3 Å². The van der Waals surface area contributed by atoms with Crippen molar-refractivity contribution >= 4 is 5.78 Å². The van der Waals surface area contributed by atoms with Gasteiger partial charge in [0.2, 0.25) is 0 Å². The molecule has 15 atom stereocenters. The number of phenols is 2. The van der Waals surface area contributed by atoms with Gasteiger partial charge in [0.05, 0.1) is 35.6 Å². The van der Waals surface area contributed by atoms with Crippen molar-refractivity contribution < 1.29 is 50.4 Å². The molecule has 1 saturated heterocycles. The summed E-state index contributed by atoms with van der Waals surface area (Å²) in [7, 11) is 0. The predicted octanol–water partition coefficient (Wildman–Crippen LogP) is 2.39. The summed E-state index contributed by atoms with van der Waals surface area (Å²) >= 11 is 0. The fourth-order valence-corrected chi connectivity index (χ4v) is 11.2. The lowest BCUT2D eigenvalue weighted by atomic mass is 9.41. The van der Waals surface area contributed by atoms with E-state index in [4.69, 9.17) is 4.74 Å². The van der Waals surface area contributed by atoms with Gasteiger partial charge in [0.1, 0.15) is 17.6 Å². The number of carbonyl (C=O) groups is 1. The number of hydrogen-bond donors (Lipinski definition) is 8. The zero-order chi connectivity index (χ0) is 33.9. The number of fused-ring (bicyclic) bond motifs is 7. The standard InChI is InChI=1S/C36H52O10/c1-16(2)17(3)29(42)32-35(6,44)31-26(46-32)15-36(45)23-13-24(40)28-27(18-9-20(38)12-21(39)10-18)30(43)25(41)14-33(28,4)22(23)11-19(7-8-37)34(31,36)5/h9-10,12-13,16-17,19,22,25-32,37-39,41-45H,7-8,11,14-15H2,1-6H3. The molecule has 6 rings (SSSR count). The second-order valence-corrected chi connectivity index (χ2v) is 16.3. The molecule has 4 fully saturated rings. The molecule has 8 N–H and O–H groups in total. The minimum Gasteiger partial charge on any atom is -0.508 e. The van der Waals surface area contributed by atoms with Crippen LogP contribution < -0.4 is 0 Å². The van der Waals surface area contributed by atoms with E-state index in [9.17, 15) is 45.6 Å². The lowest BCUT2D eigenvalue weighted by molar-refractivity contribution is -0.194. The molecule has 4 aliphatic carbocycles. The molecule has 46 heavy (non-hydrogen) atoms. The lowest BCUT2D eigenvalue weighted by Gasteiger charge is -2.64. The Balaban J connectivity index is 1.47. The predicted molar refractivity (Wildman–Crippen MR) is 168 cm³/mol. The highest BCUT2D eigenvalue weighted by Crippen LogP contribution is 2.73. The van der Waals surface area contributed by atoms with Crippen molar-refractivity contribution in [2.45, 2.75) is 115 Å². The largest absolute Gasteiger partial charge is 0.508 e. The van der Waals surface area contributed by atoms with Crippen LogP contribution in [-0.4, -0.2) is 95.0 Å². The molecule has 256 valence electrons. The van der Waals surface area contributed by atoms with Crippen molar-refractivity contribution in [2.24, 2.45) is 46.3 Å². The molecule has 1 heterocycles. The number of phenolic OH excluding ortho intramolecular Hbond substituents is 2. The van der Waals surface area contributed by atoms with Gasteiger partial charge < -0.3 is 45.6 Å². The van der Waals surface area contributed by atoms with Crippen LogP contribution >= 0.6 is 0 Å². The van der Waals surface area contributed by atoms with Crippen LogP contribution in [0.3, 0.4) is 0 Å². The fraction of sp³-hybridized carbons (Fsp3) is 0.750. The van der Waals surface area contributed by atoms with E-state index in [0.717, 1.165) is 6.07 Å². The number of benzene rings is 1. The van der Waals surface area contributed by atoms with Crippen LogP contribution in [0.25, 0.3) is 0 Å². The molecule has 0 amide bonds. The molecule has 0 radical (unpaired) electrons. The van der Waals surface area contributed by atoms with E-state index in [0.29, 0.717) is 24.0 Å². The Morgan fingerprint density at radius 1 is 1.00 bits per heavy atom. The van der Waals surface area contributed by atoms with Gasteiger partial charge in [-0.15, -0.1) is 0 Å². The highest BCUT2D eigenvalue weighted by atomic mass is 16.5. The number of rotatable bonds is 6. The molecule has 15 unspecified atom stereocenters. The average Bonchev–Trinajstić information content (AvgIpc) is 3.36. The smallest absolute Gasteiger partial charge is 0.160 e. The third kappa shape index (κ3) is 4.43. The Hall–Kier alpha value is -2.05. The van der Waals surface area contributed by atoms with Gasteiger partial charge in [0.25, 0.3) is 0 Å². The van der Waals surface area contributed by atoms with Crippen LogP contribution in [0.4, 0.5) is 0 Å². The molecule has 1 aromatic carbocycles. The van der Waals surface area contributed by atoms with E-state index in [1.54, 1.807) is 6.92 Å². The summed E-state index contributed by atoms with van der Waals surface area (Å²) in [6.07, 6.45) is -2.57. The Morgan fingerprint density at radius 3 is 2.22 bits per heavy atom. The van der Waals surface area contributed by atoms with Crippen LogP contribution in [0.2, 0.25) is 0 Å². The summed E-state index contributed by atoms with van der Waals surface area (Å²) in [5, 5.41) is 90.0. The van der Waals surface area contributed by atoms with Crippen LogP contribution in [-0.2, 0) is 9.53 Å². The number of aromatic hydroxyl groups is 2. The SMILES string of the molecule is CC(C)C(C)C(O)C1OC2CC3(O)C4=CC(=O)C5C(c6cc(O)cc(O)c6)C(O)C(O)CC5(C)C4CC(CCO)C3(C)C2C1(C)O. The van der Waals surface area contributed by atoms with Gasteiger partial charge in [-0.3, -0.25) is 4.79 Å². The number of ketones is 1. The molecule has 1 aromatic rings. The quantitative estimate of drug-likeness (QED) is 0.228. The topological polar surface area (TPSA) is 188 Å². The first-order valence-electron chi connectivity index (χ1n) is 16.9. The van der Waals surface area contributed by atoms with Crippen molar-refractivity contribution in [2.75, 3.05) is 6.61 Å². The van der Waals surface area contributed by atoms with Crippen molar-refractivity contribution in [3.05, 3.63) is 35.4 Å². The minimum absolute atomic E-state index is 0.0783. The van der Waals surface area contributed by atoms with Gasteiger partial charge >= 0.3 is 0 Å². The maximum atomic E-state index is 14.3. The van der Waals surface area contributed by atoms with Gasteiger partial charge in [-0.1, -0.05) is 34.6 Å². The van der Waals surface area contributed by atoms with Crippen LogP contribution in [0.1, 0.15) is 78.7 Å². The summed E-state index contributed by atoms with van der Waals surface area (Å²) in [4.78, 5) is 14.3. The maximum Gasteiger partial charge on any atom is 0.160 e. The van der Waals surface area contributed by atoms with Crippen molar-refractivity contribution in [3.8, 4) is 11.5 Å². The molecule has 0 spiro atoms. The highest BCUT2D eigenvalue weighted by molar-refractivity contribution is 5.96.